The predicted molar refractivity (Wildman–Crippen MR) is 80.5 cm³/mol. The summed E-state index contributed by atoms with van der Waals surface area (Å²) in [6.07, 6.45) is 2.95. The lowest BCUT2D eigenvalue weighted by atomic mass is 9.98. The molecule has 1 fully saturated rings. The summed E-state index contributed by atoms with van der Waals surface area (Å²) in [7, 11) is 0. The Morgan fingerprint density at radius 3 is 2.43 bits per heavy atom. The molecule has 5 nitrogen and oxygen atoms in total. The molecule has 0 radical (unpaired) electrons. The fourth-order valence-corrected chi connectivity index (χ4v) is 2.56. The molecular formula is C16H24N3O2+. The van der Waals surface area contributed by atoms with E-state index < -0.39 is 11.8 Å². The van der Waals surface area contributed by atoms with Crippen molar-refractivity contribution in [3.8, 4) is 0 Å². The van der Waals surface area contributed by atoms with E-state index in [0.717, 1.165) is 37.9 Å². The van der Waals surface area contributed by atoms with Gasteiger partial charge in [-0.15, -0.1) is 0 Å². The number of benzene rings is 1. The van der Waals surface area contributed by atoms with Gasteiger partial charge in [0.25, 0.3) is 0 Å². The lowest BCUT2D eigenvalue weighted by Gasteiger charge is -2.20. The maximum absolute atomic E-state index is 11.7. The van der Waals surface area contributed by atoms with Gasteiger partial charge in [0.15, 0.2) is 0 Å². The van der Waals surface area contributed by atoms with Crippen LogP contribution in [0.25, 0.3) is 0 Å². The molecule has 1 heterocycles. The third-order valence-electron chi connectivity index (χ3n) is 3.86. The fraction of sp³-hybridized carbons (Fsp3) is 0.500. The van der Waals surface area contributed by atoms with Crippen molar-refractivity contribution < 1.29 is 14.9 Å². The summed E-state index contributed by atoms with van der Waals surface area (Å²) >= 11 is 0. The Bertz CT molecular complexity index is 456. The highest BCUT2D eigenvalue weighted by Gasteiger charge is 2.18. The number of hydrogen-bond donors (Lipinski definition) is 3. The predicted octanol–water partition coefficient (Wildman–Crippen LogP) is -0.565. The first-order chi connectivity index (χ1) is 10.3. The number of piperidine rings is 1. The van der Waals surface area contributed by atoms with Gasteiger partial charge in [-0.1, -0.05) is 30.3 Å². The molecule has 0 aromatic heterocycles. The summed E-state index contributed by atoms with van der Waals surface area (Å²) in [6.45, 7) is 3.32. The number of nitrogens with one attached hydrogen (secondary N) is 2. The van der Waals surface area contributed by atoms with Gasteiger partial charge in [0.2, 0.25) is 0 Å². The molecule has 0 aliphatic carbocycles. The Labute approximate surface area is 125 Å². The van der Waals surface area contributed by atoms with Gasteiger partial charge in [-0.25, -0.2) is 0 Å². The molecule has 5 heteroatoms. The van der Waals surface area contributed by atoms with Crippen LogP contribution in [0.2, 0.25) is 0 Å². The van der Waals surface area contributed by atoms with Crippen molar-refractivity contribution in [2.45, 2.75) is 19.3 Å². The zero-order valence-electron chi connectivity index (χ0n) is 12.3. The zero-order valence-corrected chi connectivity index (χ0v) is 12.3. The molecule has 0 unspecified atom stereocenters. The molecule has 114 valence electrons. The quantitative estimate of drug-likeness (QED) is 0.636. The van der Waals surface area contributed by atoms with E-state index in [9.17, 15) is 9.59 Å². The van der Waals surface area contributed by atoms with Gasteiger partial charge < -0.3 is 16.0 Å². The minimum Gasteiger partial charge on any atom is -0.348 e. The average molecular weight is 290 g/mol. The van der Waals surface area contributed by atoms with Gasteiger partial charge >= 0.3 is 11.8 Å². The first-order valence-corrected chi connectivity index (χ1v) is 7.67. The van der Waals surface area contributed by atoms with Gasteiger partial charge in [0, 0.05) is 25.9 Å². The first-order valence-electron chi connectivity index (χ1n) is 7.67. The monoisotopic (exact) mass is 290 g/mol. The molecule has 0 saturated carbocycles. The number of rotatable bonds is 5. The summed E-state index contributed by atoms with van der Waals surface area (Å²) < 4.78 is 0. The summed E-state index contributed by atoms with van der Waals surface area (Å²) in [4.78, 5) is 23.4. The third kappa shape index (κ3) is 5.55. The molecule has 0 atom stereocenters. The molecule has 1 saturated heterocycles. The second-order valence-corrected chi connectivity index (χ2v) is 5.51. The van der Waals surface area contributed by atoms with E-state index in [4.69, 9.17) is 0 Å². The summed E-state index contributed by atoms with van der Waals surface area (Å²) in [5, 5.41) is 7.68. The summed E-state index contributed by atoms with van der Waals surface area (Å²) in [5.74, 6) is -0.540. The van der Waals surface area contributed by atoms with Crippen LogP contribution in [0, 0.1) is 5.92 Å². The molecule has 4 N–H and O–H groups in total. The lowest BCUT2D eigenvalue weighted by Crippen LogP contribution is -2.86. The van der Waals surface area contributed by atoms with E-state index in [0.29, 0.717) is 19.0 Å². The molecule has 2 amide bonds. The van der Waals surface area contributed by atoms with Gasteiger partial charge in [0.05, 0.1) is 13.1 Å². The molecule has 1 aromatic rings. The van der Waals surface area contributed by atoms with Crippen LogP contribution < -0.4 is 16.0 Å². The Hall–Kier alpha value is -1.88. The van der Waals surface area contributed by atoms with E-state index in [1.54, 1.807) is 0 Å². The average Bonchev–Trinajstić information content (AvgIpc) is 2.54. The highest BCUT2D eigenvalue weighted by molar-refractivity contribution is 6.35. The summed E-state index contributed by atoms with van der Waals surface area (Å²) in [6, 6.07) is 9.90. The number of nitrogens with two attached hydrogens (primary N) is 1. The van der Waals surface area contributed by atoms with Crippen LogP contribution in [-0.4, -0.2) is 38.0 Å². The number of amides is 2. The maximum atomic E-state index is 11.7. The topological polar surface area (TPSA) is 74.8 Å². The second kappa shape index (κ2) is 8.42. The normalized spacial score (nSPS) is 15.4. The Balaban J connectivity index is 1.62. The van der Waals surface area contributed by atoms with Crippen LogP contribution in [0.15, 0.2) is 30.3 Å². The number of hydrogen-bond acceptors (Lipinski definition) is 2. The molecule has 21 heavy (non-hydrogen) atoms. The van der Waals surface area contributed by atoms with E-state index >= 15 is 0 Å². The molecule has 0 bridgehead atoms. The van der Waals surface area contributed by atoms with Crippen molar-refractivity contribution in [1.82, 2.24) is 10.6 Å². The largest absolute Gasteiger partial charge is 0.348 e. The minimum atomic E-state index is -0.534. The first kappa shape index (κ1) is 15.5. The molecular weight excluding hydrogens is 266 g/mol. The summed E-state index contributed by atoms with van der Waals surface area (Å²) in [5.41, 5.74) is 1.15. The van der Waals surface area contributed by atoms with E-state index in [2.05, 4.69) is 16.0 Å². The van der Waals surface area contributed by atoms with Gasteiger partial charge in [-0.3, -0.25) is 9.59 Å². The van der Waals surface area contributed by atoms with Gasteiger partial charge in [0.1, 0.15) is 0 Å². The van der Waals surface area contributed by atoms with Crippen LogP contribution in [0.5, 0.6) is 0 Å². The Morgan fingerprint density at radius 2 is 1.71 bits per heavy atom. The number of carbonyl (C=O) groups excluding carboxylic acids is 2. The van der Waals surface area contributed by atoms with Crippen molar-refractivity contribution in [2.24, 2.45) is 5.92 Å². The van der Waals surface area contributed by atoms with Crippen molar-refractivity contribution >= 4 is 11.8 Å². The number of carbonyl (C=O) groups is 2. The molecule has 1 aromatic carbocycles. The van der Waals surface area contributed by atoms with Crippen molar-refractivity contribution in [1.29, 1.82) is 0 Å². The van der Waals surface area contributed by atoms with Crippen LogP contribution in [0.4, 0.5) is 0 Å². The third-order valence-corrected chi connectivity index (χ3v) is 3.86. The van der Waals surface area contributed by atoms with Crippen LogP contribution in [0.3, 0.4) is 0 Å². The fourth-order valence-electron chi connectivity index (χ4n) is 2.56. The second-order valence-electron chi connectivity index (χ2n) is 5.51. The smallest absolute Gasteiger partial charge is 0.309 e. The van der Waals surface area contributed by atoms with Gasteiger partial charge in [-0.2, -0.15) is 0 Å². The van der Waals surface area contributed by atoms with Crippen molar-refractivity contribution in [2.75, 3.05) is 26.2 Å². The van der Waals surface area contributed by atoms with Crippen molar-refractivity contribution in [3.63, 3.8) is 0 Å². The van der Waals surface area contributed by atoms with Crippen LogP contribution in [-0.2, 0) is 16.0 Å². The SMILES string of the molecule is O=C(NCCc1ccccc1)C(=O)NCC1CC[NH2+]CC1. The Kier molecular flexibility index (Phi) is 6.22. The Morgan fingerprint density at radius 1 is 1.05 bits per heavy atom. The minimum absolute atomic E-state index is 0.481. The standard InChI is InChI=1S/C16H23N3O2/c20-15(18-11-8-13-4-2-1-3-5-13)16(21)19-12-14-6-9-17-10-7-14/h1-5,14,17H,6-12H2,(H,18,20)(H,19,21)/p+1. The number of quaternary nitrogens is 1. The molecule has 1 aliphatic rings. The van der Waals surface area contributed by atoms with E-state index in [1.165, 1.54) is 0 Å². The van der Waals surface area contributed by atoms with Crippen LogP contribution in [0.1, 0.15) is 18.4 Å². The molecule has 0 spiro atoms. The van der Waals surface area contributed by atoms with E-state index in [-0.39, 0.29) is 0 Å². The highest BCUT2D eigenvalue weighted by Crippen LogP contribution is 2.06. The van der Waals surface area contributed by atoms with Crippen molar-refractivity contribution in [3.05, 3.63) is 35.9 Å². The zero-order chi connectivity index (χ0) is 14.9. The molecule has 1 aliphatic heterocycles. The molecule has 2 rings (SSSR count). The van der Waals surface area contributed by atoms with Gasteiger partial charge in [-0.05, 0) is 17.9 Å². The lowest BCUT2D eigenvalue weighted by molar-refractivity contribution is -0.664. The van der Waals surface area contributed by atoms with Crippen LogP contribution >= 0.6 is 0 Å². The highest BCUT2D eigenvalue weighted by atomic mass is 16.2. The van der Waals surface area contributed by atoms with E-state index in [1.807, 2.05) is 30.3 Å². The maximum Gasteiger partial charge on any atom is 0.309 e.